The Kier molecular flexibility index (Phi) is 2.71. The molecule has 3 rings (SSSR count). The topological polar surface area (TPSA) is 76.5 Å². The van der Waals surface area contributed by atoms with Gasteiger partial charge in [-0.3, -0.25) is 0 Å². The minimum absolute atomic E-state index is 0.0809. The number of ether oxygens (including phenoxy) is 3. The van der Waals surface area contributed by atoms with Crippen molar-refractivity contribution in [1.82, 2.24) is 0 Å². The van der Waals surface area contributed by atoms with Crippen LogP contribution in [0.1, 0.15) is 25.7 Å². The number of alkyl halides is 1. The van der Waals surface area contributed by atoms with Crippen LogP contribution in [0, 0.1) is 0 Å². The highest BCUT2D eigenvalue weighted by molar-refractivity contribution is 4.98. The fraction of sp³-hybridized carbons (Fsp3) is 1.00. The first-order chi connectivity index (χ1) is 8.24. The van der Waals surface area contributed by atoms with E-state index < -0.39 is 30.5 Å². The van der Waals surface area contributed by atoms with Gasteiger partial charge in [0.25, 0.3) is 0 Å². The summed E-state index contributed by atoms with van der Waals surface area (Å²) in [5, 5.41) is 3.42. The van der Waals surface area contributed by atoms with Gasteiger partial charge >= 0.3 is 0 Å². The van der Waals surface area contributed by atoms with E-state index in [-0.39, 0.29) is 6.54 Å². The van der Waals surface area contributed by atoms with Crippen molar-refractivity contribution in [3.63, 3.8) is 0 Å². The van der Waals surface area contributed by atoms with Gasteiger partial charge < -0.3 is 14.2 Å². The number of fused-ring (bicyclic) bond motifs is 1. The fourth-order valence-corrected chi connectivity index (χ4v) is 2.88. The maximum Gasteiger partial charge on any atom is 0.228 e. The van der Waals surface area contributed by atoms with E-state index in [1.807, 2.05) is 0 Å². The van der Waals surface area contributed by atoms with Gasteiger partial charge in [0.2, 0.25) is 6.36 Å². The lowest BCUT2D eigenvalue weighted by molar-refractivity contribution is -0.217. The Hall–Kier alpha value is -0.880. The standard InChI is InChI=1S/C10H14FN3O3/c11-9-8-7(6(15-9)5-13-14-12)16-10(17-8)3-1-2-4-10/h6-9H,1-5H2/t6-,7-,8-,9-/m1/s1. The first kappa shape index (κ1) is 11.2. The highest BCUT2D eigenvalue weighted by Crippen LogP contribution is 2.46. The molecule has 0 aromatic carbocycles. The average molecular weight is 243 g/mol. The smallest absolute Gasteiger partial charge is 0.228 e. The minimum Gasteiger partial charge on any atom is -0.341 e. The Morgan fingerprint density at radius 3 is 2.71 bits per heavy atom. The monoisotopic (exact) mass is 243 g/mol. The van der Waals surface area contributed by atoms with Gasteiger partial charge in [0.1, 0.15) is 12.2 Å². The molecule has 0 radical (unpaired) electrons. The third kappa shape index (κ3) is 1.79. The van der Waals surface area contributed by atoms with Crippen molar-refractivity contribution in [3.05, 3.63) is 10.4 Å². The molecule has 3 aliphatic rings. The number of nitrogens with zero attached hydrogens (tertiary/aromatic N) is 3. The van der Waals surface area contributed by atoms with Gasteiger partial charge in [-0.2, -0.15) is 0 Å². The molecule has 7 heteroatoms. The summed E-state index contributed by atoms with van der Waals surface area (Å²) in [6, 6.07) is 0. The third-order valence-electron chi connectivity index (χ3n) is 3.65. The van der Waals surface area contributed by atoms with E-state index >= 15 is 0 Å². The van der Waals surface area contributed by atoms with Gasteiger partial charge in [-0.25, -0.2) is 4.39 Å². The number of hydrogen-bond acceptors (Lipinski definition) is 4. The molecule has 0 N–H and O–H groups in total. The molecule has 2 heterocycles. The Labute approximate surface area is 97.6 Å². The van der Waals surface area contributed by atoms with Crippen molar-refractivity contribution in [3.8, 4) is 0 Å². The molecule has 3 fully saturated rings. The summed E-state index contributed by atoms with van der Waals surface area (Å²) in [6.45, 7) is 0.0809. The van der Waals surface area contributed by atoms with Gasteiger partial charge in [0.05, 0.1) is 12.6 Å². The van der Waals surface area contributed by atoms with Crippen LogP contribution >= 0.6 is 0 Å². The molecule has 94 valence electrons. The summed E-state index contributed by atoms with van der Waals surface area (Å²) in [7, 11) is 0. The summed E-state index contributed by atoms with van der Waals surface area (Å²) in [5.41, 5.74) is 8.27. The van der Waals surface area contributed by atoms with Crippen molar-refractivity contribution in [2.45, 2.75) is 56.1 Å². The van der Waals surface area contributed by atoms with Gasteiger partial charge in [-0.05, 0) is 18.4 Å². The minimum atomic E-state index is -1.49. The zero-order chi connectivity index (χ0) is 11.9. The van der Waals surface area contributed by atoms with E-state index in [2.05, 4.69) is 10.0 Å². The maximum absolute atomic E-state index is 13.6. The predicted molar refractivity (Wildman–Crippen MR) is 54.7 cm³/mol. The first-order valence-corrected chi connectivity index (χ1v) is 5.90. The maximum atomic E-state index is 13.6. The van der Waals surface area contributed by atoms with Crippen molar-refractivity contribution in [1.29, 1.82) is 0 Å². The van der Waals surface area contributed by atoms with E-state index in [0.29, 0.717) is 0 Å². The quantitative estimate of drug-likeness (QED) is 0.423. The Bertz CT molecular complexity index is 355. The van der Waals surface area contributed by atoms with E-state index in [9.17, 15) is 4.39 Å². The van der Waals surface area contributed by atoms with E-state index in [1.165, 1.54) is 0 Å². The van der Waals surface area contributed by atoms with Gasteiger partial charge in [0.15, 0.2) is 5.79 Å². The van der Waals surface area contributed by atoms with E-state index in [4.69, 9.17) is 19.7 Å². The molecule has 1 spiro atoms. The molecule has 17 heavy (non-hydrogen) atoms. The summed E-state index contributed by atoms with van der Waals surface area (Å²) in [4.78, 5) is 2.65. The van der Waals surface area contributed by atoms with Crippen molar-refractivity contribution >= 4 is 0 Å². The summed E-state index contributed by atoms with van der Waals surface area (Å²) < 4.78 is 30.2. The first-order valence-electron chi connectivity index (χ1n) is 5.90. The second-order valence-corrected chi connectivity index (χ2v) is 4.72. The van der Waals surface area contributed by atoms with Crippen LogP contribution in [-0.2, 0) is 14.2 Å². The Morgan fingerprint density at radius 2 is 2.00 bits per heavy atom. The zero-order valence-corrected chi connectivity index (χ0v) is 9.29. The molecular formula is C10H14FN3O3. The molecule has 1 saturated carbocycles. The van der Waals surface area contributed by atoms with Crippen LogP contribution in [0.25, 0.3) is 10.4 Å². The van der Waals surface area contributed by atoms with Crippen molar-refractivity contribution in [2.75, 3.05) is 6.54 Å². The lowest BCUT2D eigenvalue weighted by Gasteiger charge is -2.25. The molecule has 0 bridgehead atoms. The van der Waals surface area contributed by atoms with Crippen molar-refractivity contribution < 1.29 is 18.6 Å². The van der Waals surface area contributed by atoms with Gasteiger partial charge in [-0.1, -0.05) is 5.11 Å². The highest BCUT2D eigenvalue weighted by atomic mass is 19.1. The number of hydrogen-bond donors (Lipinski definition) is 0. The van der Waals surface area contributed by atoms with Crippen LogP contribution in [-0.4, -0.2) is 37.0 Å². The van der Waals surface area contributed by atoms with Gasteiger partial charge in [-0.15, -0.1) is 0 Å². The number of azide groups is 1. The summed E-state index contributed by atoms with van der Waals surface area (Å²) >= 11 is 0. The molecule has 0 aromatic rings. The lowest BCUT2D eigenvalue weighted by Crippen LogP contribution is -2.33. The van der Waals surface area contributed by atoms with Crippen LogP contribution in [0.4, 0.5) is 4.39 Å². The molecular weight excluding hydrogens is 229 g/mol. The van der Waals surface area contributed by atoms with Crippen LogP contribution in [0.3, 0.4) is 0 Å². The molecule has 0 aromatic heterocycles. The molecule has 0 unspecified atom stereocenters. The molecule has 2 aliphatic heterocycles. The second-order valence-electron chi connectivity index (χ2n) is 4.72. The van der Waals surface area contributed by atoms with E-state index in [1.54, 1.807) is 0 Å². The predicted octanol–water partition coefficient (Wildman–Crippen LogP) is 2.05. The Balaban J connectivity index is 1.74. The van der Waals surface area contributed by atoms with Crippen molar-refractivity contribution in [2.24, 2.45) is 5.11 Å². The van der Waals surface area contributed by atoms with Crippen LogP contribution < -0.4 is 0 Å². The second kappa shape index (κ2) is 4.10. The summed E-state index contributed by atoms with van der Waals surface area (Å²) in [6.07, 6.45) is 0.545. The fourth-order valence-electron chi connectivity index (χ4n) is 2.88. The van der Waals surface area contributed by atoms with E-state index in [0.717, 1.165) is 25.7 Å². The molecule has 0 amide bonds. The van der Waals surface area contributed by atoms with Gasteiger partial charge in [0, 0.05) is 17.8 Å². The molecule has 4 atom stereocenters. The van der Waals surface area contributed by atoms with Crippen LogP contribution in [0.2, 0.25) is 0 Å². The lowest BCUT2D eigenvalue weighted by atomic mass is 10.1. The molecule has 1 aliphatic carbocycles. The molecule has 6 nitrogen and oxygen atoms in total. The van der Waals surface area contributed by atoms with Crippen LogP contribution in [0.15, 0.2) is 5.11 Å². The highest BCUT2D eigenvalue weighted by Gasteiger charge is 2.58. The number of halogens is 1. The summed E-state index contributed by atoms with van der Waals surface area (Å²) in [5.74, 6) is -0.613. The zero-order valence-electron chi connectivity index (χ0n) is 9.29. The largest absolute Gasteiger partial charge is 0.341 e. The normalized spacial score (nSPS) is 42.6. The van der Waals surface area contributed by atoms with Crippen LogP contribution in [0.5, 0.6) is 0 Å². The average Bonchev–Trinajstić information content (AvgIpc) is 2.98. The Morgan fingerprint density at radius 1 is 1.29 bits per heavy atom. The number of rotatable bonds is 2. The molecule has 2 saturated heterocycles. The SMILES string of the molecule is [N-]=[N+]=NC[C@H]1O[C@@H](F)[C@@H]2OC3(CCCC3)O[C@@H]21. The third-order valence-corrected chi connectivity index (χ3v) is 3.65.